The number of aromatic nitrogens is 2. The zero-order valence-corrected chi connectivity index (χ0v) is 12.3. The monoisotopic (exact) mass is 263 g/mol. The Kier molecular flexibility index (Phi) is 4.24. The van der Waals surface area contributed by atoms with Crippen LogP contribution >= 0.6 is 0 Å². The first-order valence-electron chi connectivity index (χ1n) is 7.12. The second-order valence-electron chi connectivity index (χ2n) is 5.95. The molecule has 0 amide bonds. The van der Waals surface area contributed by atoms with Crippen LogP contribution in [0, 0.1) is 5.92 Å². The fourth-order valence-electron chi connectivity index (χ4n) is 2.38. The molecule has 0 spiro atoms. The summed E-state index contributed by atoms with van der Waals surface area (Å²) >= 11 is 0. The van der Waals surface area contributed by atoms with E-state index >= 15 is 0 Å². The van der Waals surface area contributed by atoms with E-state index in [1.807, 2.05) is 0 Å². The molecule has 1 aromatic rings. The van der Waals surface area contributed by atoms with Crippen molar-refractivity contribution in [1.29, 1.82) is 0 Å². The Morgan fingerprint density at radius 1 is 1.32 bits per heavy atom. The van der Waals surface area contributed by atoms with Gasteiger partial charge in [-0.3, -0.25) is 0 Å². The molecule has 106 valence electrons. The van der Waals surface area contributed by atoms with E-state index < -0.39 is 0 Å². The standard InChI is InChI=1S/C14H25N5/c1-9(2)12-13(18-15)16-8-17-14(12)19(10(3)4)7-11-5-6-11/h8-11H,5-7,15H2,1-4H3,(H,16,17,18). The Balaban J connectivity index is 2.39. The van der Waals surface area contributed by atoms with Gasteiger partial charge in [0.15, 0.2) is 0 Å². The van der Waals surface area contributed by atoms with Crippen molar-refractivity contribution in [2.45, 2.75) is 52.5 Å². The van der Waals surface area contributed by atoms with Crippen molar-refractivity contribution in [2.24, 2.45) is 11.8 Å². The molecule has 0 bridgehead atoms. The molecule has 0 saturated heterocycles. The predicted molar refractivity (Wildman–Crippen MR) is 79.1 cm³/mol. The topological polar surface area (TPSA) is 67.1 Å². The van der Waals surface area contributed by atoms with Gasteiger partial charge in [-0.2, -0.15) is 0 Å². The van der Waals surface area contributed by atoms with Gasteiger partial charge < -0.3 is 10.3 Å². The molecule has 5 heteroatoms. The van der Waals surface area contributed by atoms with Gasteiger partial charge in [0.05, 0.1) is 0 Å². The van der Waals surface area contributed by atoms with Crippen LogP contribution in [0.2, 0.25) is 0 Å². The zero-order valence-electron chi connectivity index (χ0n) is 12.3. The third-order valence-corrected chi connectivity index (χ3v) is 3.62. The van der Waals surface area contributed by atoms with Crippen molar-refractivity contribution >= 4 is 11.6 Å². The minimum Gasteiger partial charge on any atom is -0.354 e. The Morgan fingerprint density at radius 3 is 2.47 bits per heavy atom. The number of anilines is 2. The van der Waals surface area contributed by atoms with Crippen molar-refractivity contribution in [1.82, 2.24) is 9.97 Å². The molecule has 3 N–H and O–H groups in total. The van der Waals surface area contributed by atoms with Gasteiger partial charge in [0, 0.05) is 18.2 Å². The van der Waals surface area contributed by atoms with Crippen LogP contribution < -0.4 is 16.2 Å². The van der Waals surface area contributed by atoms with E-state index in [4.69, 9.17) is 5.84 Å². The number of nitrogens with one attached hydrogen (secondary N) is 1. The summed E-state index contributed by atoms with van der Waals surface area (Å²) in [5, 5.41) is 0. The van der Waals surface area contributed by atoms with Crippen molar-refractivity contribution in [2.75, 3.05) is 16.9 Å². The molecule has 1 fully saturated rings. The fraction of sp³-hybridized carbons (Fsp3) is 0.714. The first kappa shape index (κ1) is 14.1. The van der Waals surface area contributed by atoms with E-state index in [0.717, 1.165) is 29.7 Å². The molecule has 0 unspecified atom stereocenters. The van der Waals surface area contributed by atoms with Gasteiger partial charge in [0.1, 0.15) is 18.0 Å². The SMILES string of the molecule is CC(C)c1c(NN)ncnc1N(CC1CC1)C(C)C. The van der Waals surface area contributed by atoms with Gasteiger partial charge in [-0.25, -0.2) is 15.8 Å². The highest BCUT2D eigenvalue weighted by atomic mass is 15.3. The highest BCUT2D eigenvalue weighted by Gasteiger charge is 2.28. The lowest BCUT2D eigenvalue weighted by atomic mass is 10.0. The van der Waals surface area contributed by atoms with Crippen LogP contribution in [0.5, 0.6) is 0 Å². The van der Waals surface area contributed by atoms with Crippen molar-refractivity contribution in [3.8, 4) is 0 Å². The van der Waals surface area contributed by atoms with Gasteiger partial charge in [-0.05, 0) is 38.5 Å². The van der Waals surface area contributed by atoms with Gasteiger partial charge in [-0.15, -0.1) is 0 Å². The minimum absolute atomic E-state index is 0.336. The first-order chi connectivity index (χ1) is 9.04. The smallest absolute Gasteiger partial charge is 0.148 e. The van der Waals surface area contributed by atoms with Gasteiger partial charge in [0.25, 0.3) is 0 Å². The number of hydrogen-bond donors (Lipinski definition) is 2. The van der Waals surface area contributed by atoms with Crippen LogP contribution in [0.3, 0.4) is 0 Å². The molecule has 1 heterocycles. The number of nitrogen functional groups attached to an aromatic ring is 1. The molecule has 19 heavy (non-hydrogen) atoms. The quantitative estimate of drug-likeness (QED) is 0.610. The number of nitrogens with two attached hydrogens (primary N) is 1. The number of hydrogen-bond acceptors (Lipinski definition) is 5. The minimum atomic E-state index is 0.336. The van der Waals surface area contributed by atoms with Crippen LogP contribution in [-0.2, 0) is 0 Å². The summed E-state index contributed by atoms with van der Waals surface area (Å²) in [6, 6.07) is 0.429. The van der Waals surface area contributed by atoms with Gasteiger partial charge in [-0.1, -0.05) is 13.8 Å². The van der Waals surface area contributed by atoms with Crippen LogP contribution in [0.15, 0.2) is 6.33 Å². The summed E-state index contributed by atoms with van der Waals surface area (Å²) in [6.07, 6.45) is 4.28. The second kappa shape index (κ2) is 5.74. The molecular formula is C14H25N5. The molecule has 0 radical (unpaired) electrons. The first-order valence-corrected chi connectivity index (χ1v) is 7.12. The maximum Gasteiger partial charge on any atom is 0.148 e. The van der Waals surface area contributed by atoms with Crippen LogP contribution in [0.25, 0.3) is 0 Å². The summed E-state index contributed by atoms with van der Waals surface area (Å²) in [5.74, 6) is 8.51. The van der Waals surface area contributed by atoms with Crippen LogP contribution in [0.4, 0.5) is 11.6 Å². The van der Waals surface area contributed by atoms with E-state index in [9.17, 15) is 0 Å². The third kappa shape index (κ3) is 3.15. The summed E-state index contributed by atoms with van der Waals surface area (Å²) in [6.45, 7) is 9.81. The maximum atomic E-state index is 5.59. The molecule has 0 aliphatic heterocycles. The maximum absolute atomic E-state index is 5.59. The Morgan fingerprint density at radius 2 is 2.00 bits per heavy atom. The second-order valence-corrected chi connectivity index (χ2v) is 5.95. The molecule has 1 saturated carbocycles. The fourth-order valence-corrected chi connectivity index (χ4v) is 2.38. The van der Waals surface area contributed by atoms with Gasteiger partial charge in [0.2, 0.25) is 0 Å². The average Bonchev–Trinajstić information content (AvgIpc) is 3.18. The Hall–Kier alpha value is -1.36. The Bertz CT molecular complexity index is 426. The predicted octanol–water partition coefficient (Wildman–Crippen LogP) is 2.51. The van der Waals surface area contributed by atoms with Crippen molar-refractivity contribution < 1.29 is 0 Å². The third-order valence-electron chi connectivity index (χ3n) is 3.62. The van der Waals surface area contributed by atoms with Crippen molar-refractivity contribution in [3.63, 3.8) is 0 Å². The Labute approximate surface area is 115 Å². The summed E-state index contributed by atoms with van der Waals surface area (Å²) < 4.78 is 0. The molecule has 0 aromatic carbocycles. The largest absolute Gasteiger partial charge is 0.354 e. The van der Waals surface area contributed by atoms with E-state index in [0.29, 0.717) is 12.0 Å². The van der Waals surface area contributed by atoms with Crippen molar-refractivity contribution in [3.05, 3.63) is 11.9 Å². The lowest BCUT2D eigenvalue weighted by Crippen LogP contribution is -2.35. The van der Waals surface area contributed by atoms with Gasteiger partial charge >= 0.3 is 0 Å². The lowest BCUT2D eigenvalue weighted by Gasteiger charge is -2.31. The summed E-state index contributed by atoms with van der Waals surface area (Å²) in [7, 11) is 0. The van der Waals surface area contributed by atoms with Crippen LogP contribution in [-0.4, -0.2) is 22.6 Å². The van der Waals surface area contributed by atoms with E-state index in [1.165, 1.54) is 12.8 Å². The van der Waals surface area contributed by atoms with E-state index in [-0.39, 0.29) is 0 Å². The number of rotatable bonds is 6. The summed E-state index contributed by atoms with van der Waals surface area (Å²) in [5.41, 5.74) is 3.81. The van der Waals surface area contributed by atoms with E-state index in [2.05, 4.69) is 48.0 Å². The lowest BCUT2D eigenvalue weighted by molar-refractivity contribution is 0.628. The number of nitrogens with zero attached hydrogens (tertiary/aromatic N) is 3. The highest BCUT2D eigenvalue weighted by molar-refractivity contribution is 5.60. The molecular weight excluding hydrogens is 238 g/mol. The number of hydrazine groups is 1. The summed E-state index contributed by atoms with van der Waals surface area (Å²) in [4.78, 5) is 11.2. The highest BCUT2D eigenvalue weighted by Crippen LogP contribution is 2.36. The normalized spacial score (nSPS) is 15.1. The van der Waals surface area contributed by atoms with Crippen LogP contribution in [0.1, 0.15) is 52.0 Å². The molecule has 1 aliphatic carbocycles. The molecule has 1 aliphatic rings. The molecule has 0 atom stereocenters. The molecule has 5 nitrogen and oxygen atoms in total. The molecule has 2 rings (SSSR count). The zero-order chi connectivity index (χ0) is 14.0. The van der Waals surface area contributed by atoms with E-state index in [1.54, 1.807) is 6.33 Å². The molecule has 1 aromatic heterocycles. The average molecular weight is 263 g/mol.